The maximum Gasteiger partial charge on any atom is 0.337 e. The third-order valence-electron chi connectivity index (χ3n) is 6.41. The number of carbonyl (C=O) groups excluding carboxylic acids is 1. The molecule has 0 saturated heterocycles. The van der Waals surface area contributed by atoms with Gasteiger partial charge in [0.15, 0.2) is 0 Å². The minimum absolute atomic E-state index is 0.138. The lowest BCUT2D eigenvalue weighted by Crippen LogP contribution is -2.43. The summed E-state index contributed by atoms with van der Waals surface area (Å²) in [6.07, 6.45) is 7.18. The number of H-pyrrole nitrogens is 1. The summed E-state index contributed by atoms with van der Waals surface area (Å²) in [7, 11) is 0. The first-order valence-corrected chi connectivity index (χ1v) is 13.4. The van der Waals surface area contributed by atoms with E-state index >= 15 is 0 Å². The third kappa shape index (κ3) is 5.39. The van der Waals surface area contributed by atoms with Crippen molar-refractivity contribution in [2.45, 2.75) is 43.3 Å². The number of carbonyl (C=O) groups is 1. The number of fused-ring (bicyclic) bond motifs is 1. The first-order valence-electron chi connectivity index (χ1n) is 12.0. The van der Waals surface area contributed by atoms with E-state index in [1.165, 1.54) is 43.3 Å². The molecule has 1 fully saturated rings. The van der Waals surface area contributed by atoms with Gasteiger partial charge in [-0.05, 0) is 78.0 Å². The molecule has 0 unspecified atom stereocenters. The van der Waals surface area contributed by atoms with Gasteiger partial charge in [-0.25, -0.2) is 9.99 Å². The Balaban J connectivity index is 1.29. The van der Waals surface area contributed by atoms with E-state index in [1.54, 1.807) is 6.07 Å². The van der Waals surface area contributed by atoms with Crippen molar-refractivity contribution in [1.29, 1.82) is 0 Å². The lowest BCUT2D eigenvalue weighted by molar-refractivity contribution is -0.749. The molecule has 4 aromatic rings. The number of hydrogen-bond donors (Lipinski definition) is 2. The Labute approximate surface area is 218 Å². The Morgan fingerprint density at radius 3 is 2.72 bits per heavy atom. The van der Waals surface area contributed by atoms with E-state index in [9.17, 15) is 9.90 Å². The predicted octanol–water partition coefficient (Wildman–Crippen LogP) is 4.99. The molecule has 0 spiro atoms. The molecule has 1 aliphatic rings. The van der Waals surface area contributed by atoms with E-state index in [0.717, 1.165) is 40.2 Å². The predicted molar refractivity (Wildman–Crippen MR) is 141 cm³/mol. The van der Waals surface area contributed by atoms with Crippen LogP contribution in [-0.2, 0) is 4.79 Å². The maximum atomic E-state index is 12.6. The third-order valence-corrected chi connectivity index (χ3v) is 7.61. The summed E-state index contributed by atoms with van der Waals surface area (Å²) >= 11 is 7.45. The minimum atomic E-state index is -0.268. The van der Waals surface area contributed by atoms with Crippen molar-refractivity contribution >= 4 is 46.3 Å². The van der Waals surface area contributed by atoms with Gasteiger partial charge >= 0.3 is 5.16 Å². The van der Waals surface area contributed by atoms with Crippen LogP contribution in [0, 0.1) is 0 Å². The van der Waals surface area contributed by atoms with Crippen LogP contribution in [0.4, 0.5) is 0 Å². The van der Waals surface area contributed by atoms with Crippen LogP contribution in [0.5, 0.6) is 5.75 Å². The highest BCUT2D eigenvalue weighted by atomic mass is 35.5. The van der Waals surface area contributed by atoms with Gasteiger partial charge in [0, 0.05) is 5.02 Å². The fourth-order valence-corrected chi connectivity index (χ4v) is 5.58. The Kier molecular flexibility index (Phi) is 7.53. The first kappa shape index (κ1) is 24.3. The minimum Gasteiger partial charge on any atom is -0.872 e. The molecule has 0 radical (unpaired) electrons. The number of aromatic nitrogens is 3. The smallest absolute Gasteiger partial charge is 0.337 e. The first-order chi connectivity index (χ1) is 17.6. The molecule has 2 N–H and O–H groups in total. The Bertz CT molecular complexity index is 1400. The van der Waals surface area contributed by atoms with Crippen molar-refractivity contribution in [3.63, 3.8) is 0 Å². The molecule has 184 valence electrons. The number of hydrogen-bond acceptors (Lipinski definition) is 5. The van der Waals surface area contributed by atoms with E-state index < -0.39 is 0 Å². The Morgan fingerprint density at radius 2 is 1.92 bits per heavy atom. The molecule has 5 rings (SSSR count). The van der Waals surface area contributed by atoms with E-state index in [0.29, 0.717) is 16.6 Å². The summed E-state index contributed by atoms with van der Waals surface area (Å²) in [6.45, 7) is 0. The zero-order valence-corrected chi connectivity index (χ0v) is 21.2. The molecule has 1 aromatic heterocycles. The summed E-state index contributed by atoms with van der Waals surface area (Å²) < 4.78 is 2.23. The second-order valence-electron chi connectivity index (χ2n) is 8.80. The molecule has 7 nitrogen and oxygen atoms in total. The molecule has 1 aliphatic carbocycles. The van der Waals surface area contributed by atoms with Gasteiger partial charge in [-0.2, -0.15) is 5.10 Å². The van der Waals surface area contributed by atoms with Crippen LogP contribution in [0.3, 0.4) is 0 Å². The number of nitrogens with one attached hydrogen (secondary N) is 2. The summed E-state index contributed by atoms with van der Waals surface area (Å²) in [4.78, 5) is 12.6. The fourth-order valence-electron chi connectivity index (χ4n) is 4.64. The lowest BCUT2D eigenvalue weighted by atomic mass is 9.95. The van der Waals surface area contributed by atoms with Crippen molar-refractivity contribution in [1.82, 2.24) is 15.6 Å². The molecule has 3 aromatic carbocycles. The highest BCUT2D eigenvalue weighted by Gasteiger charge is 2.30. The van der Waals surface area contributed by atoms with E-state index in [2.05, 4.69) is 25.3 Å². The number of aromatic amines is 1. The molecular weight excluding hydrogens is 494 g/mol. The van der Waals surface area contributed by atoms with E-state index in [1.807, 2.05) is 48.5 Å². The number of benzene rings is 3. The van der Waals surface area contributed by atoms with E-state index in [-0.39, 0.29) is 17.4 Å². The molecular formula is C27H26ClN5O2S. The summed E-state index contributed by atoms with van der Waals surface area (Å²) in [5, 5.41) is 27.3. The monoisotopic (exact) mass is 519 g/mol. The molecule has 9 heteroatoms. The molecule has 1 amide bonds. The van der Waals surface area contributed by atoms with Crippen LogP contribution in [0.25, 0.3) is 22.2 Å². The molecule has 0 atom stereocenters. The van der Waals surface area contributed by atoms with Gasteiger partial charge in [-0.15, -0.1) is 5.10 Å². The largest absolute Gasteiger partial charge is 0.872 e. The van der Waals surface area contributed by atoms with Crippen molar-refractivity contribution in [3.05, 3.63) is 71.2 Å². The number of thioether (sulfide) groups is 1. The van der Waals surface area contributed by atoms with Crippen LogP contribution < -0.4 is 15.1 Å². The molecule has 0 bridgehead atoms. The van der Waals surface area contributed by atoms with Gasteiger partial charge in [-0.1, -0.05) is 60.2 Å². The average molecular weight is 520 g/mol. The quantitative estimate of drug-likeness (QED) is 0.155. The van der Waals surface area contributed by atoms with Gasteiger partial charge in [-0.3, -0.25) is 4.79 Å². The second kappa shape index (κ2) is 11.1. The zero-order chi connectivity index (χ0) is 24.9. The summed E-state index contributed by atoms with van der Waals surface area (Å²) in [5.74, 6) is 0.656. The number of halogens is 1. The van der Waals surface area contributed by atoms with Crippen LogP contribution in [-0.4, -0.2) is 28.1 Å². The topological polar surface area (TPSA) is 97.1 Å². The van der Waals surface area contributed by atoms with Crippen LogP contribution in [0.1, 0.15) is 43.7 Å². The number of hydrazone groups is 1. The van der Waals surface area contributed by atoms with Crippen LogP contribution >= 0.6 is 23.4 Å². The van der Waals surface area contributed by atoms with Crippen molar-refractivity contribution in [3.8, 4) is 17.1 Å². The molecule has 36 heavy (non-hydrogen) atoms. The maximum absolute atomic E-state index is 12.6. The molecule has 0 aliphatic heterocycles. The average Bonchev–Trinajstić information content (AvgIpc) is 3.33. The number of amides is 1. The van der Waals surface area contributed by atoms with Crippen LogP contribution in [0.2, 0.25) is 5.02 Å². The highest BCUT2D eigenvalue weighted by molar-refractivity contribution is 7.99. The SMILES string of the molecule is O=C(CSc1n[nH]c(-c2ccc(Cl)cc2)[n+]1C1CCCCC1)NN=Cc1c([O-])ccc2ccccc12. The highest BCUT2D eigenvalue weighted by Crippen LogP contribution is 2.29. The summed E-state index contributed by atoms with van der Waals surface area (Å²) in [5.41, 5.74) is 4.00. The molecule has 1 heterocycles. The molecule has 1 saturated carbocycles. The Morgan fingerprint density at radius 1 is 1.14 bits per heavy atom. The van der Waals surface area contributed by atoms with Crippen molar-refractivity contribution in [2.75, 3.05) is 5.75 Å². The van der Waals surface area contributed by atoms with Crippen molar-refractivity contribution < 1.29 is 14.5 Å². The van der Waals surface area contributed by atoms with Gasteiger partial charge < -0.3 is 5.11 Å². The lowest BCUT2D eigenvalue weighted by Gasteiger charge is -2.21. The number of rotatable bonds is 7. The van der Waals surface area contributed by atoms with Gasteiger partial charge in [0.2, 0.25) is 0 Å². The normalized spacial score (nSPS) is 14.5. The second-order valence-corrected chi connectivity index (χ2v) is 10.2. The van der Waals surface area contributed by atoms with Gasteiger partial charge in [0.25, 0.3) is 11.7 Å². The van der Waals surface area contributed by atoms with E-state index in [4.69, 9.17) is 11.6 Å². The number of nitrogens with zero attached hydrogens (tertiary/aromatic N) is 3. The zero-order valence-electron chi connectivity index (χ0n) is 19.6. The van der Waals surface area contributed by atoms with Gasteiger partial charge in [0.1, 0.15) is 0 Å². The van der Waals surface area contributed by atoms with Gasteiger partial charge in [0.05, 0.1) is 28.7 Å². The van der Waals surface area contributed by atoms with Crippen LogP contribution in [0.15, 0.2) is 70.9 Å². The van der Waals surface area contributed by atoms with Crippen molar-refractivity contribution in [2.24, 2.45) is 5.10 Å². The fraction of sp³-hybridized carbons (Fsp3) is 0.259. The standard InChI is InChI=1S/C27H26ClN5O2S/c28-20-13-10-19(11-14-20)26-31-32-27(33(26)21-7-2-1-3-8-21)36-17-25(35)30-29-16-23-22-9-5-4-6-18(22)12-15-24(23)34/h4-6,9-16,21H,1-3,7-8,17H2,(H2,29,30,34,35). The summed E-state index contributed by atoms with van der Waals surface area (Å²) in [6, 6.07) is 18.9. The Hall–Kier alpha value is -3.36.